The van der Waals surface area contributed by atoms with Crippen LogP contribution in [0.15, 0.2) is 0 Å². The molecular formula is C20H33N3O2S. The summed E-state index contributed by atoms with van der Waals surface area (Å²) in [7, 11) is 0. The van der Waals surface area contributed by atoms with E-state index in [0.717, 1.165) is 29.8 Å². The van der Waals surface area contributed by atoms with Gasteiger partial charge in [0.05, 0.1) is 12.2 Å². The number of nitrogens with zero attached hydrogens (tertiary/aromatic N) is 2. The monoisotopic (exact) mass is 379 g/mol. The van der Waals surface area contributed by atoms with Crippen molar-refractivity contribution in [2.75, 3.05) is 18.4 Å². The molecule has 0 bridgehead atoms. The smallest absolute Gasteiger partial charge is 0.245 e. The maximum Gasteiger partial charge on any atom is 0.245 e. The molecule has 2 amide bonds. The van der Waals surface area contributed by atoms with Crippen LogP contribution in [0, 0.1) is 31.1 Å². The summed E-state index contributed by atoms with van der Waals surface area (Å²) < 4.78 is 0. The zero-order valence-corrected chi connectivity index (χ0v) is 17.8. The van der Waals surface area contributed by atoms with E-state index in [9.17, 15) is 9.59 Å². The molecule has 1 saturated carbocycles. The van der Waals surface area contributed by atoms with Crippen LogP contribution in [0.1, 0.15) is 63.9 Å². The molecule has 1 aromatic rings. The average molecular weight is 380 g/mol. The zero-order chi connectivity index (χ0) is 19.5. The quantitative estimate of drug-likeness (QED) is 0.728. The van der Waals surface area contributed by atoms with Crippen molar-refractivity contribution in [2.24, 2.45) is 17.3 Å². The summed E-state index contributed by atoms with van der Waals surface area (Å²) in [6, 6.07) is 0. The maximum absolute atomic E-state index is 12.8. The second-order valence-corrected chi connectivity index (χ2v) is 10.2. The minimum atomic E-state index is -0.156. The first-order valence-electron chi connectivity index (χ1n) is 9.55. The van der Waals surface area contributed by atoms with Crippen LogP contribution in [0.4, 0.5) is 5.13 Å². The molecule has 6 heteroatoms. The van der Waals surface area contributed by atoms with Crippen molar-refractivity contribution in [1.82, 2.24) is 9.88 Å². The lowest BCUT2D eigenvalue weighted by molar-refractivity contribution is -0.135. The van der Waals surface area contributed by atoms with Crippen LogP contribution in [0.2, 0.25) is 0 Å². The fourth-order valence-corrected chi connectivity index (χ4v) is 4.10. The van der Waals surface area contributed by atoms with Gasteiger partial charge < -0.3 is 10.2 Å². The molecule has 0 saturated heterocycles. The standard InChI is InChI=1S/C20H33N3O2S/c1-13(10-20(4,5)6)9-18(25)23(11-16-7-8-16)12-17(24)22-19-21-14(2)15(3)26-19/h13,16H,7-12H2,1-6H3,(H,21,22,24). The minimum absolute atomic E-state index is 0.0929. The number of amides is 2. The number of carbonyl (C=O) groups excluding carboxylic acids is 2. The summed E-state index contributed by atoms with van der Waals surface area (Å²) in [6.45, 7) is 13.5. The van der Waals surface area contributed by atoms with Gasteiger partial charge in [0.1, 0.15) is 0 Å². The van der Waals surface area contributed by atoms with Crippen molar-refractivity contribution in [2.45, 2.75) is 67.2 Å². The molecular weight excluding hydrogens is 346 g/mol. The van der Waals surface area contributed by atoms with Gasteiger partial charge in [-0.15, -0.1) is 11.3 Å². The SMILES string of the molecule is Cc1nc(NC(=O)CN(CC2CC2)C(=O)CC(C)CC(C)(C)C)sc1C. The maximum atomic E-state index is 12.8. The Kier molecular flexibility index (Phi) is 6.83. The summed E-state index contributed by atoms with van der Waals surface area (Å²) in [5, 5.41) is 3.46. The van der Waals surface area contributed by atoms with E-state index >= 15 is 0 Å². The number of aromatic nitrogens is 1. The third kappa shape index (κ3) is 7.06. The second kappa shape index (κ2) is 8.51. The summed E-state index contributed by atoms with van der Waals surface area (Å²) in [5.41, 5.74) is 1.14. The third-order valence-corrected chi connectivity index (χ3v) is 5.61. The molecule has 1 aliphatic rings. The van der Waals surface area contributed by atoms with Crippen LogP contribution < -0.4 is 5.32 Å². The van der Waals surface area contributed by atoms with Gasteiger partial charge in [-0.1, -0.05) is 27.7 Å². The number of rotatable bonds is 8. The number of carbonyl (C=O) groups is 2. The van der Waals surface area contributed by atoms with Gasteiger partial charge in [0, 0.05) is 17.8 Å². The van der Waals surface area contributed by atoms with Crippen LogP contribution in [0.25, 0.3) is 0 Å². The van der Waals surface area contributed by atoms with E-state index in [0.29, 0.717) is 29.9 Å². The molecule has 1 fully saturated rings. The number of thiazole rings is 1. The van der Waals surface area contributed by atoms with Gasteiger partial charge in [0.2, 0.25) is 11.8 Å². The molecule has 1 aromatic heterocycles. The Morgan fingerprint density at radius 3 is 2.46 bits per heavy atom. The fraction of sp³-hybridized carbons (Fsp3) is 0.750. The van der Waals surface area contributed by atoms with Gasteiger partial charge in [0.25, 0.3) is 0 Å². The van der Waals surface area contributed by atoms with Gasteiger partial charge >= 0.3 is 0 Å². The highest BCUT2D eigenvalue weighted by Crippen LogP contribution is 2.31. The first-order chi connectivity index (χ1) is 12.0. The Hall–Kier alpha value is -1.43. The molecule has 0 spiro atoms. The first-order valence-corrected chi connectivity index (χ1v) is 10.4. The van der Waals surface area contributed by atoms with E-state index in [1.807, 2.05) is 13.8 Å². The molecule has 0 aliphatic heterocycles. The minimum Gasteiger partial charge on any atom is -0.333 e. The number of nitrogens with one attached hydrogen (secondary N) is 1. The lowest BCUT2D eigenvalue weighted by Crippen LogP contribution is -2.40. The van der Waals surface area contributed by atoms with E-state index in [-0.39, 0.29) is 23.8 Å². The van der Waals surface area contributed by atoms with E-state index in [2.05, 4.69) is 38.0 Å². The van der Waals surface area contributed by atoms with Crippen LogP contribution in [0.5, 0.6) is 0 Å². The van der Waals surface area contributed by atoms with Crippen LogP contribution >= 0.6 is 11.3 Å². The molecule has 1 atom stereocenters. The van der Waals surface area contributed by atoms with E-state index in [4.69, 9.17) is 0 Å². The van der Waals surface area contributed by atoms with Crippen molar-refractivity contribution < 1.29 is 9.59 Å². The molecule has 0 radical (unpaired) electrons. The molecule has 5 nitrogen and oxygen atoms in total. The van der Waals surface area contributed by atoms with Crippen molar-refractivity contribution >= 4 is 28.3 Å². The number of hydrogen-bond acceptors (Lipinski definition) is 4. The molecule has 146 valence electrons. The summed E-state index contributed by atoms with van der Waals surface area (Å²) >= 11 is 1.47. The average Bonchev–Trinajstić information content (AvgIpc) is 3.22. The van der Waals surface area contributed by atoms with E-state index in [1.165, 1.54) is 11.3 Å². The second-order valence-electron chi connectivity index (χ2n) is 9.00. The number of aryl methyl sites for hydroxylation is 2. The lowest BCUT2D eigenvalue weighted by atomic mass is 9.84. The van der Waals surface area contributed by atoms with Gasteiger partial charge in [-0.25, -0.2) is 4.98 Å². The van der Waals surface area contributed by atoms with Crippen LogP contribution in [0.3, 0.4) is 0 Å². The largest absolute Gasteiger partial charge is 0.333 e. The Balaban J connectivity index is 1.92. The predicted molar refractivity (Wildman–Crippen MR) is 107 cm³/mol. The van der Waals surface area contributed by atoms with E-state index < -0.39 is 0 Å². The summed E-state index contributed by atoms with van der Waals surface area (Å²) in [5.74, 6) is 0.817. The van der Waals surface area contributed by atoms with Crippen molar-refractivity contribution in [3.63, 3.8) is 0 Å². The van der Waals surface area contributed by atoms with Crippen LogP contribution in [-0.2, 0) is 9.59 Å². The first kappa shape index (κ1) is 20.9. The van der Waals surface area contributed by atoms with Crippen molar-refractivity contribution in [3.05, 3.63) is 10.6 Å². The summed E-state index contributed by atoms with van der Waals surface area (Å²) in [4.78, 5) is 32.4. The lowest BCUT2D eigenvalue weighted by Gasteiger charge is -2.26. The third-order valence-electron chi connectivity index (χ3n) is 4.62. The normalized spacial score (nSPS) is 15.6. The molecule has 1 aliphatic carbocycles. The van der Waals surface area contributed by atoms with Gasteiger partial charge in [0.15, 0.2) is 5.13 Å². The highest BCUT2D eigenvalue weighted by atomic mass is 32.1. The van der Waals surface area contributed by atoms with Crippen molar-refractivity contribution in [1.29, 1.82) is 0 Å². The van der Waals surface area contributed by atoms with Crippen molar-refractivity contribution in [3.8, 4) is 0 Å². The molecule has 0 aromatic carbocycles. The Bertz CT molecular complexity index is 624. The molecule has 1 heterocycles. The highest BCUT2D eigenvalue weighted by Gasteiger charge is 2.29. The van der Waals surface area contributed by atoms with Crippen LogP contribution in [-0.4, -0.2) is 34.8 Å². The summed E-state index contributed by atoms with van der Waals surface area (Å²) in [6.07, 6.45) is 3.83. The van der Waals surface area contributed by atoms with E-state index in [1.54, 1.807) is 4.90 Å². The Morgan fingerprint density at radius 2 is 1.96 bits per heavy atom. The topological polar surface area (TPSA) is 62.3 Å². The predicted octanol–water partition coefficient (Wildman–Crippen LogP) is 4.40. The zero-order valence-electron chi connectivity index (χ0n) is 17.0. The Morgan fingerprint density at radius 1 is 1.31 bits per heavy atom. The molecule has 26 heavy (non-hydrogen) atoms. The Labute approximate surface area is 161 Å². The molecule has 1 unspecified atom stereocenters. The van der Waals surface area contributed by atoms with Gasteiger partial charge in [-0.3, -0.25) is 9.59 Å². The highest BCUT2D eigenvalue weighted by molar-refractivity contribution is 7.15. The van der Waals surface area contributed by atoms with Gasteiger partial charge in [-0.05, 0) is 50.4 Å². The number of hydrogen-bond donors (Lipinski definition) is 1. The fourth-order valence-electron chi connectivity index (χ4n) is 3.27. The van der Waals surface area contributed by atoms with Gasteiger partial charge in [-0.2, -0.15) is 0 Å². The number of anilines is 1. The molecule has 2 rings (SSSR count). The molecule has 1 N–H and O–H groups in total.